The summed E-state index contributed by atoms with van der Waals surface area (Å²) in [4.78, 5) is 28.7. The molecular formula is C22H23FN2O5. The van der Waals surface area contributed by atoms with Gasteiger partial charge in [0, 0.05) is 12.0 Å². The van der Waals surface area contributed by atoms with Crippen molar-refractivity contribution in [1.29, 1.82) is 0 Å². The lowest BCUT2D eigenvalue weighted by molar-refractivity contribution is -0.143. The summed E-state index contributed by atoms with van der Waals surface area (Å²) in [5.74, 6) is -0.574. The maximum Gasteiger partial charge on any atom is 0.408 e. The van der Waals surface area contributed by atoms with Crippen molar-refractivity contribution in [3.63, 3.8) is 0 Å². The monoisotopic (exact) mass is 414 g/mol. The molecule has 0 aliphatic heterocycles. The van der Waals surface area contributed by atoms with Crippen LogP contribution in [0.3, 0.4) is 0 Å². The number of halogens is 1. The van der Waals surface area contributed by atoms with Gasteiger partial charge in [-0.05, 0) is 62.7 Å². The lowest BCUT2D eigenvalue weighted by atomic mass is 10.1. The summed E-state index contributed by atoms with van der Waals surface area (Å²) in [6.45, 7) is 5.20. The predicted molar refractivity (Wildman–Crippen MR) is 108 cm³/mol. The molecular weight excluding hydrogens is 391 g/mol. The number of methoxy groups -OCH3 is 1. The third-order valence-corrected chi connectivity index (χ3v) is 4.16. The van der Waals surface area contributed by atoms with Crippen LogP contribution < -0.4 is 5.32 Å². The molecule has 1 N–H and O–H groups in total. The van der Waals surface area contributed by atoms with Gasteiger partial charge in [0.05, 0.1) is 7.11 Å². The van der Waals surface area contributed by atoms with Crippen molar-refractivity contribution in [1.82, 2.24) is 10.3 Å². The fraction of sp³-hybridized carbons (Fsp3) is 0.318. The predicted octanol–water partition coefficient (Wildman–Crippen LogP) is 4.24. The summed E-state index contributed by atoms with van der Waals surface area (Å²) in [7, 11) is 1.25. The van der Waals surface area contributed by atoms with E-state index in [-0.39, 0.29) is 12.2 Å². The average molecular weight is 414 g/mol. The molecule has 0 aliphatic carbocycles. The number of carbonyl (C=O) groups excluding carboxylic acids is 2. The number of ether oxygens (including phenoxy) is 2. The van der Waals surface area contributed by atoms with Crippen LogP contribution in [0.4, 0.5) is 9.18 Å². The molecule has 158 valence electrons. The molecule has 0 saturated carbocycles. The number of carbonyl (C=O) groups is 2. The first kappa shape index (κ1) is 21.3. The maximum atomic E-state index is 13.1. The first-order valence-corrected chi connectivity index (χ1v) is 9.37. The van der Waals surface area contributed by atoms with Crippen LogP contribution in [0.15, 0.2) is 46.9 Å². The highest BCUT2D eigenvalue weighted by Crippen LogP contribution is 2.25. The second kappa shape index (κ2) is 8.52. The standard InChI is InChI=1S/C22H23FN2O5/c1-22(2,3)30-21(27)25-17(20(26)28-4)12-13-5-10-18-16(11-13)24-19(29-18)14-6-8-15(23)9-7-14/h5-11,17H,12H2,1-4H3,(H,25,27)/t17-/m0/s1. The van der Waals surface area contributed by atoms with E-state index in [2.05, 4.69) is 10.3 Å². The van der Waals surface area contributed by atoms with Gasteiger partial charge in [-0.3, -0.25) is 0 Å². The number of rotatable bonds is 5. The summed E-state index contributed by atoms with van der Waals surface area (Å²) in [5.41, 5.74) is 1.82. The van der Waals surface area contributed by atoms with E-state index < -0.39 is 23.7 Å². The molecule has 0 fully saturated rings. The molecule has 0 saturated heterocycles. The quantitative estimate of drug-likeness (QED) is 0.628. The van der Waals surface area contributed by atoms with Crippen LogP contribution in [0.1, 0.15) is 26.3 Å². The maximum absolute atomic E-state index is 13.1. The van der Waals surface area contributed by atoms with Crippen molar-refractivity contribution >= 4 is 23.2 Å². The minimum Gasteiger partial charge on any atom is -0.467 e. The second-order valence-corrected chi connectivity index (χ2v) is 7.75. The number of nitrogens with one attached hydrogen (secondary N) is 1. The van der Waals surface area contributed by atoms with Gasteiger partial charge in [0.15, 0.2) is 5.58 Å². The number of fused-ring (bicyclic) bond motifs is 1. The number of aromatic nitrogens is 1. The van der Waals surface area contributed by atoms with Gasteiger partial charge in [0.2, 0.25) is 5.89 Å². The number of amides is 1. The van der Waals surface area contributed by atoms with Crippen LogP contribution in [0.2, 0.25) is 0 Å². The summed E-state index contributed by atoms with van der Waals surface area (Å²) < 4.78 is 28.9. The first-order valence-electron chi connectivity index (χ1n) is 9.37. The lowest BCUT2D eigenvalue weighted by Gasteiger charge is -2.22. The van der Waals surface area contributed by atoms with E-state index in [9.17, 15) is 14.0 Å². The number of hydrogen-bond acceptors (Lipinski definition) is 6. The van der Waals surface area contributed by atoms with Gasteiger partial charge in [0.1, 0.15) is 23.0 Å². The number of alkyl carbamates (subject to hydrolysis) is 1. The molecule has 2 aromatic carbocycles. The highest BCUT2D eigenvalue weighted by Gasteiger charge is 2.25. The largest absolute Gasteiger partial charge is 0.467 e. The minimum absolute atomic E-state index is 0.181. The van der Waals surface area contributed by atoms with Gasteiger partial charge in [-0.2, -0.15) is 0 Å². The Bertz CT molecular complexity index is 1050. The molecule has 0 aliphatic rings. The van der Waals surface area contributed by atoms with Gasteiger partial charge >= 0.3 is 12.1 Å². The summed E-state index contributed by atoms with van der Waals surface area (Å²) in [6.07, 6.45) is -0.528. The minimum atomic E-state index is -0.925. The average Bonchev–Trinajstić information content (AvgIpc) is 3.09. The highest BCUT2D eigenvalue weighted by molar-refractivity contribution is 5.82. The van der Waals surface area contributed by atoms with Crippen molar-refractivity contribution in [2.24, 2.45) is 0 Å². The van der Waals surface area contributed by atoms with Crippen LogP contribution in [-0.4, -0.2) is 35.8 Å². The van der Waals surface area contributed by atoms with Gasteiger partial charge in [0.25, 0.3) is 0 Å². The first-order chi connectivity index (χ1) is 14.1. The SMILES string of the molecule is COC(=O)[C@H](Cc1ccc2oc(-c3ccc(F)cc3)nc2c1)NC(=O)OC(C)(C)C. The molecule has 3 aromatic rings. The summed E-state index contributed by atoms with van der Waals surface area (Å²) in [5, 5.41) is 2.54. The topological polar surface area (TPSA) is 90.7 Å². The molecule has 1 atom stereocenters. The molecule has 30 heavy (non-hydrogen) atoms. The van der Waals surface area contributed by atoms with Crippen molar-refractivity contribution in [3.05, 3.63) is 53.8 Å². The van der Waals surface area contributed by atoms with Crippen molar-refractivity contribution in [3.8, 4) is 11.5 Å². The number of benzene rings is 2. The smallest absolute Gasteiger partial charge is 0.408 e. The van der Waals surface area contributed by atoms with Gasteiger partial charge in [-0.1, -0.05) is 6.07 Å². The Morgan fingerprint density at radius 1 is 1.17 bits per heavy atom. The molecule has 1 amide bonds. The van der Waals surface area contributed by atoms with E-state index in [0.29, 0.717) is 22.6 Å². The van der Waals surface area contributed by atoms with E-state index in [0.717, 1.165) is 5.56 Å². The van der Waals surface area contributed by atoms with Crippen molar-refractivity contribution in [2.45, 2.75) is 38.8 Å². The van der Waals surface area contributed by atoms with Crippen molar-refractivity contribution < 1.29 is 27.9 Å². The lowest BCUT2D eigenvalue weighted by Crippen LogP contribution is -2.45. The van der Waals surface area contributed by atoms with E-state index in [1.165, 1.54) is 19.2 Å². The molecule has 3 rings (SSSR count). The third kappa shape index (κ3) is 5.34. The molecule has 0 radical (unpaired) electrons. The van der Waals surface area contributed by atoms with E-state index in [1.54, 1.807) is 51.1 Å². The molecule has 0 unspecified atom stereocenters. The van der Waals surface area contributed by atoms with Gasteiger partial charge < -0.3 is 19.2 Å². The van der Waals surface area contributed by atoms with E-state index >= 15 is 0 Å². The molecule has 7 nitrogen and oxygen atoms in total. The number of hydrogen-bond donors (Lipinski definition) is 1. The van der Waals surface area contributed by atoms with Gasteiger partial charge in [-0.15, -0.1) is 0 Å². The van der Waals surface area contributed by atoms with E-state index in [1.807, 2.05) is 0 Å². The number of esters is 1. The van der Waals surface area contributed by atoms with E-state index in [4.69, 9.17) is 13.9 Å². The second-order valence-electron chi connectivity index (χ2n) is 7.75. The Morgan fingerprint density at radius 2 is 1.87 bits per heavy atom. The number of nitrogens with zero attached hydrogens (tertiary/aromatic N) is 1. The summed E-state index contributed by atoms with van der Waals surface area (Å²) >= 11 is 0. The molecule has 0 bridgehead atoms. The Kier molecular flexibility index (Phi) is 6.05. The third-order valence-electron chi connectivity index (χ3n) is 4.16. The molecule has 1 heterocycles. The molecule has 8 heteroatoms. The Labute approximate surface area is 173 Å². The van der Waals surface area contributed by atoms with Crippen LogP contribution in [-0.2, 0) is 20.7 Å². The fourth-order valence-corrected chi connectivity index (χ4v) is 2.84. The molecule has 1 aromatic heterocycles. The zero-order valence-corrected chi connectivity index (χ0v) is 17.2. The fourth-order valence-electron chi connectivity index (χ4n) is 2.84. The zero-order valence-electron chi connectivity index (χ0n) is 17.2. The van der Waals surface area contributed by atoms with Crippen LogP contribution in [0, 0.1) is 5.82 Å². The van der Waals surface area contributed by atoms with Crippen LogP contribution in [0.25, 0.3) is 22.6 Å². The van der Waals surface area contributed by atoms with Crippen molar-refractivity contribution in [2.75, 3.05) is 7.11 Å². The molecule has 0 spiro atoms. The normalized spacial score (nSPS) is 12.4. The highest BCUT2D eigenvalue weighted by atomic mass is 19.1. The number of oxazole rings is 1. The Morgan fingerprint density at radius 3 is 2.50 bits per heavy atom. The Hall–Kier alpha value is -3.42. The van der Waals surface area contributed by atoms with Gasteiger partial charge in [-0.25, -0.2) is 19.0 Å². The zero-order chi connectivity index (χ0) is 21.9. The van der Waals surface area contributed by atoms with Crippen LogP contribution >= 0.6 is 0 Å². The van der Waals surface area contributed by atoms with Crippen LogP contribution in [0.5, 0.6) is 0 Å². The Balaban J connectivity index is 1.80. The summed E-state index contributed by atoms with van der Waals surface area (Å²) in [6, 6.07) is 10.2.